The molecule has 4 heteroatoms. The van der Waals surface area contributed by atoms with Crippen molar-refractivity contribution in [2.45, 2.75) is 52.7 Å². The summed E-state index contributed by atoms with van der Waals surface area (Å²) in [7, 11) is 0. The molecule has 1 unspecified atom stereocenters. The standard InChI is InChI=1S/C19H29N3O/c1-15(2)5-4-6-18-14-21(9-10-23-18)12-17-13-22-8-7-16(3)11-19(22)20-17/h7-8,11,13,15,18H,4-6,9-10,12,14H2,1-3H3. The zero-order valence-electron chi connectivity index (χ0n) is 14.7. The quantitative estimate of drug-likeness (QED) is 0.814. The highest BCUT2D eigenvalue weighted by Crippen LogP contribution is 2.17. The van der Waals surface area contributed by atoms with E-state index in [-0.39, 0.29) is 0 Å². The van der Waals surface area contributed by atoms with Gasteiger partial charge >= 0.3 is 0 Å². The van der Waals surface area contributed by atoms with Crippen LogP contribution in [0.15, 0.2) is 24.5 Å². The molecule has 0 aromatic carbocycles. The average Bonchev–Trinajstić information content (AvgIpc) is 2.88. The molecule has 1 aliphatic heterocycles. The second-order valence-electron chi connectivity index (χ2n) is 7.25. The Morgan fingerprint density at radius 2 is 2.26 bits per heavy atom. The van der Waals surface area contributed by atoms with Crippen LogP contribution in [-0.4, -0.2) is 40.1 Å². The van der Waals surface area contributed by atoms with Gasteiger partial charge in [-0.05, 0) is 37.0 Å². The minimum Gasteiger partial charge on any atom is -0.376 e. The second kappa shape index (κ2) is 7.45. The van der Waals surface area contributed by atoms with Crippen molar-refractivity contribution in [2.24, 2.45) is 5.92 Å². The molecule has 0 amide bonds. The SMILES string of the molecule is Cc1ccn2cc(CN3CCOC(CCCC(C)C)C3)nc2c1. The summed E-state index contributed by atoms with van der Waals surface area (Å²) in [5.41, 5.74) is 3.45. The number of hydrogen-bond acceptors (Lipinski definition) is 3. The lowest BCUT2D eigenvalue weighted by Crippen LogP contribution is -2.41. The Labute approximate surface area is 139 Å². The molecule has 0 saturated carbocycles. The van der Waals surface area contributed by atoms with E-state index in [1.54, 1.807) is 0 Å². The summed E-state index contributed by atoms with van der Waals surface area (Å²) in [5.74, 6) is 0.788. The van der Waals surface area contributed by atoms with Gasteiger partial charge in [0.25, 0.3) is 0 Å². The molecule has 0 bridgehead atoms. The molecule has 1 aliphatic rings. The van der Waals surface area contributed by atoms with Crippen LogP contribution in [0.4, 0.5) is 0 Å². The van der Waals surface area contributed by atoms with Crippen LogP contribution in [0.2, 0.25) is 0 Å². The third-order valence-corrected chi connectivity index (χ3v) is 4.58. The van der Waals surface area contributed by atoms with Crippen molar-refractivity contribution >= 4 is 5.65 Å². The van der Waals surface area contributed by atoms with E-state index in [4.69, 9.17) is 9.72 Å². The molecular weight excluding hydrogens is 286 g/mol. The molecule has 0 radical (unpaired) electrons. The molecular formula is C19H29N3O. The van der Waals surface area contributed by atoms with Gasteiger partial charge in [0.2, 0.25) is 0 Å². The predicted octanol–water partition coefficient (Wildman–Crippen LogP) is 3.67. The van der Waals surface area contributed by atoms with Gasteiger partial charge in [0.15, 0.2) is 0 Å². The van der Waals surface area contributed by atoms with Gasteiger partial charge in [-0.25, -0.2) is 4.98 Å². The van der Waals surface area contributed by atoms with Crippen LogP contribution in [0.3, 0.4) is 0 Å². The van der Waals surface area contributed by atoms with Crippen LogP contribution in [-0.2, 0) is 11.3 Å². The lowest BCUT2D eigenvalue weighted by molar-refractivity contribution is -0.0363. The molecule has 3 heterocycles. The zero-order chi connectivity index (χ0) is 16.2. The van der Waals surface area contributed by atoms with Gasteiger partial charge in [0.05, 0.1) is 18.4 Å². The van der Waals surface area contributed by atoms with E-state index in [1.165, 1.54) is 24.8 Å². The molecule has 0 aliphatic carbocycles. The van der Waals surface area contributed by atoms with Crippen LogP contribution >= 0.6 is 0 Å². The highest BCUT2D eigenvalue weighted by atomic mass is 16.5. The topological polar surface area (TPSA) is 29.8 Å². The largest absolute Gasteiger partial charge is 0.376 e. The van der Waals surface area contributed by atoms with Gasteiger partial charge < -0.3 is 9.14 Å². The summed E-state index contributed by atoms with van der Waals surface area (Å²) >= 11 is 0. The second-order valence-corrected chi connectivity index (χ2v) is 7.25. The highest BCUT2D eigenvalue weighted by molar-refractivity contribution is 5.42. The Kier molecular flexibility index (Phi) is 5.34. The summed E-state index contributed by atoms with van der Waals surface area (Å²) < 4.78 is 8.05. The van der Waals surface area contributed by atoms with E-state index in [9.17, 15) is 0 Å². The predicted molar refractivity (Wildman–Crippen MR) is 93.6 cm³/mol. The Hall–Kier alpha value is -1.39. The Balaban J connectivity index is 1.56. The first kappa shape index (κ1) is 16.5. The number of nitrogens with zero attached hydrogens (tertiary/aromatic N) is 3. The van der Waals surface area contributed by atoms with Crippen molar-refractivity contribution in [2.75, 3.05) is 19.7 Å². The first-order valence-corrected chi connectivity index (χ1v) is 8.88. The maximum absolute atomic E-state index is 5.94. The lowest BCUT2D eigenvalue weighted by atomic mass is 10.0. The van der Waals surface area contributed by atoms with E-state index >= 15 is 0 Å². The van der Waals surface area contributed by atoms with E-state index in [0.29, 0.717) is 6.10 Å². The third kappa shape index (κ3) is 4.55. The van der Waals surface area contributed by atoms with Crippen molar-refractivity contribution in [1.29, 1.82) is 0 Å². The molecule has 0 spiro atoms. The fourth-order valence-corrected chi connectivity index (χ4v) is 3.29. The number of rotatable bonds is 6. The summed E-state index contributed by atoms with van der Waals surface area (Å²) in [5, 5.41) is 0. The number of aromatic nitrogens is 2. The summed E-state index contributed by atoms with van der Waals surface area (Å²) in [4.78, 5) is 7.24. The van der Waals surface area contributed by atoms with Gasteiger partial charge in [-0.15, -0.1) is 0 Å². The molecule has 4 nitrogen and oxygen atoms in total. The van der Waals surface area contributed by atoms with E-state index < -0.39 is 0 Å². The van der Waals surface area contributed by atoms with E-state index in [1.807, 2.05) is 0 Å². The van der Waals surface area contributed by atoms with Crippen molar-refractivity contribution in [3.05, 3.63) is 35.8 Å². The minimum atomic E-state index is 0.391. The van der Waals surface area contributed by atoms with Crippen LogP contribution in [0.25, 0.3) is 5.65 Å². The minimum absolute atomic E-state index is 0.391. The maximum Gasteiger partial charge on any atom is 0.137 e. The number of pyridine rings is 1. The first-order valence-electron chi connectivity index (χ1n) is 8.88. The Bertz CT molecular complexity index is 635. The molecule has 1 fully saturated rings. The molecule has 126 valence electrons. The van der Waals surface area contributed by atoms with Gasteiger partial charge in [0.1, 0.15) is 5.65 Å². The van der Waals surface area contributed by atoms with Crippen LogP contribution < -0.4 is 0 Å². The number of hydrogen-bond donors (Lipinski definition) is 0. The fourth-order valence-electron chi connectivity index (χ4n) is 3.29. The monoisotopic (exact) mass is 315 g/mol. The van der Waals surface area contributed by atoms with Crippen molar-refractivity contribution in [1.82, 2.24) is 14.3 Å². The van der Waals surface area contributed by atoms with Crippen molar-refractivity contribution in [3.8, 4) is 0 Å². The average molecular weight is 315 g/mol. The molecule has 1 saturated heterocycles. The number of fused-ring (bicyclic) bond motifs is 1. The molecule has 0 N–H and O–H groups in total. The van der Waals surface area contributed by atoms with Crippen LogP contribution in [0.1, 0.15) is 44.4 Å². The van der Waals surface area contributed by atoms with Crippen LogP contribution in [0.5, 0.6) is 0 Å². The fraction of sp³-hybridized carbons (Fsp3) is 0.632. The molecule has 2 aromatic rings. The lowest BCUT2D eigenvalue weighted by Gasteiger charge is -2.32. The summed E-state index contributed by atoms with van der Waals surface area (Å²) in [6, 6.07) is 4.26. The normalized spacial score (nSPS) is 19.7. The number of ether oxygens (including phenoxy) is 1. The smallest absolute Gasteiger partial charge is 0.137 e. The summed E-state index contributed by atoms with van der Waals surface area (Å²) in [6.07, 6.45) is 8.38. The Morgan fingerprint density at radius 3 is 3.09 bits per heavy atom. The Morgan fingerprint density at radius 1 is 1.39 bits per heavy atom. The van der Waals surface area contributed by atoms with Crippen molar-refractivity contribution in [3.63, 3.8) is 0 Å². The number of imidazole rings is 1. The molecule has 1 atom stereocenters. The molecule has 23 heavy (non-hydrogen) atoms. The maximum atomic E-state index is 5.94. The van der Waals surface area contributed by atoms with Crippen molar-refractivity contribution < 1.29 is 4.74 Å². The van der Waals surface area contributed by atoms with Crippen LogP contribution in [0, 0.1) is 12.8 Å². The first-order chi connectivity index (χ1) is 11.1. The van der Waals surface area contributed by atoms with E-state index in [0.717, 1.165) is 43.5 Å². The van der Waals surface area contributed by atoms with Gasteiger partial charge in [-0.2, -0.15) is 0 Å². The number of aryl methyl sites for hydroxylation is 1. The zero-order valence-corrected chi connectivity index (χ0v) is 14.7. The number of morpholine rings is 1. The molecule has 2 aromatic heterocycles. The van der Waals surface area contributed by atoms with E-state index in [2.05, 4.69) is 54.6 Å². The van der Waals surface area contributed by atoms with Gasteiger partial charge in [-0.3, -0.25) is 4.90 Å². The van der Waals surface area contributed by atoms with Gasteiger partial charge in [0, 0.05) is 32.0 Å². The third-order valence-electron chi connectivity index (χ3n) is 4.58. The molecule has 3 rings (SSSR count). The van der Waals surface area contributed by atoms with Gasteiger partial charge in [-0.1, -0.05) is 26.7 Å². The highest BCUT2D eigenvalue weighted by Gasteiger charge is 2.21. The summed E-state index contributed by atoms with van der Waals surface area (Å²) in [6.45, 7) is 10.5.